The first kappa shape index (κ1) is 21.6. The predicted molar refractivity (Wildman–Crippen MR) is 103 cm³/mol. The van der Waals surface area contributed by atoms with Crippen LogP contribution in [0.1, 0.15) is 23.2 Å². The summed E-state index contributed by atoms with van der Waals surface area (Å²) in [7, 11) is 2.71. The molecule has 0 spiro atoms. The molecule has 4 N–H and O–H groups in total. The Morgan fingerprint density at radius 2 is 1.50 bits per heavy atom. The monoisotopic (exact) mass is 390 g/mol. The Hall–Kier alpha value is -2.65. The van der Waals surface area contributed by atoms with Gasteiger partial charge in [0, 0.05) is 24.2 Å². The summed E-state index contributed by atoms with van der Waals surface area (Å²) in [5, 5.41) is 26.4. The van der Waals surface area contributed by atoms with Crippen LogP contribution in [-0.2, 0) is 19.3 Å². The highest BCUT2D eigenvalue weighted by molar-refractivity contribution is 5.78. The van der Waals surface area contributed by atoms with Gasteiger partial charge in [0.05, 0.1) is 20.3 Å². The summed E-state index contributed by atoms with van der Waals surface area (Å²) in [6.45, 7) is 1.03. The summed E-state index contributed by atoms with van der Waals surface area (Å²) in [5.41, 5.74) is 1.11. The molecule has 152 valence electrons. The zero-order valence-electron chi connectivity index (χ0n) is 15.9. The number of aromatic hydroxyl groups is 2. The number of rotatable bonds is 11. The number of benzene rings is 2. The molecule has 2 rings (SSSR count). The van der Waals surface area contributed by atoms with E-state index in [0.717, 1.165) is 0 Å². The highest BCUT2D eigenvalue weighted by Crippen LogP contribution is 2.25. The predicted octanol–water partition coefficient (Wildman–Crippen LogP) is 1.81. The Labute approximate surface area is 164 Å². The van der Waals surface area contributed by atoms with Gasteiger partial charge >= 0.3 is 5.97 Å². The fourth-order valence-corrected chi connectivity index (χ4v) is 2.81. The van der Waals surface area contributed by atoms with Crippen LogP contribution in [0.5, 0.6) is 11.5 Å². The van der Waals surface area contributed by atoms with Crippen molar-refractivity contribution in [1.29, 1.82) is 0 Å². The number of nitrogens with one attached hydrogen (secondary N) is 2. The molecule has 0 amide bonds. The van der Waals surface area contributed by atoms with Crippen molar-refractivity contribution < 1.29 is 29.5 Å². The molecule has 2 aromatic carbocycles. The first-order chi connectivity index (χ1) is 13.6. The van der Waals surface area contributed by atoms with E-state index >= 15 is 0 Å². The van der Waals surface area contributed by atoms with Gasteiger partial charge in [0.1, 0.15) is 24.1 Å². The summed E-state index contributed by atoms with van der Waals surface area (Å²) in [5.74, 6) is -0.338. The smallest absolute Gasteiger partial charge is 0.327 e. The Morgan fingerprint density at radius 1 is 0.929 bits per heavy atom. The van der Waals surface area contributed by atoms with Crippen LogP contribution in [0.25, 0.3) is 0 Å². The number of hydrogen-bond donors (Lipinski definition) is 4. The first-order valence-corrected chi connectivity index (χ1v) is 8.84. The lowest BCUT2D eigenvalue weighted by molar-refractivity contribution is -0.276. The molecule has 0 aliphatic carbocycles. The molecule has 2 atom stereocenters. The average molecular weight is 390 g/mol. The van der Waals surface area contributed by atoms with Gasteiger partial charge in [0.2, 0.25) is 0 Å². The van der Waals surface area contributed by atoms with E-state index in [0.29, 0.717) is 24.2 Å². The SMILES string of the molecule is COOCC(NCCNC(C(=O)OC)c1ccccc1O)c1ccccc1O. The second-order valence-electron chi connectivity index (χ2n) is 5.99. The van der Waals surface area contributed by atoms with Crippen molar-refractivity contribution in [3.63, 3.8) is 0 Å². The van der Waals surface area contributed by atoms with Crippen LogP contribution in [0.2, 0.25) is 0 Å². The van der Waals surface area contributed by atoms with Crippen LogP contribution in [0, 0.1) is 0 Å². The minimum absolute atomic E-state index is 0.0129. The van der Waals surface area contributed by atoms with E-state index in [1.54, 1.807) is 36.4 Å². The van der Waals surface area contributed by atoms with Crippen LogP contribution < -0.4 is 10.6 Å². The number of hydrogen-bond acceptors (Lipinski definition) is 8. The molecule has 0 aliphatic heterocycles. The van der Waals surface area contributed by atoms with Crippen molar-refractivity contribution in [1.82, 2.24) is 10.6 Å². The summed E-state index contributed by atoms with van der Waals surface area (Å²) >= 11 is 0. The third-order valence-corrected chi connectivity index (χ3v) is 4.21. The topological polar surface area (TPSA) is 109 Å². The van der Waals surface area contributed by atoms with Gasteiger partial charge in [0.15, 0.2) is 0 Å². The van der Waals surface area contributed by atoms with Gasteiger partial charge in [-0.1, -0.05) is 36.4 Å². The molecule has 8 heteroatoms. The number of ether oxygens (including phenoxy) is 1. The molecular formula is C20H26N2O6. The first-order valence-electron chi connectivity index (χ1n) is 8.84. The van der Waals surface area contributed by atoms with Crippen molar-refractivity contribution in [2.45, 2.75) is 12.1 Å². The van der Waals surface area contributed by atoms with Crippen molar-refractivity contribution in [3.05, 3.63) is 59.7 Å². The second kappa shape index (κ2) is 11.3. The average Bonchev–Trinajstić information content (AvgIpc) is 2.71. The van der Waals surface area contributed by atoms with Gasteiger partial charge in [-0.2, -0.15) is 0 Å². The maximum absolute atomic E-state index is 12.1. The van der Waals surface area contributed by atoms with Crippen molar-refractivity contribution >= 4 is 5.97 Å². The molecule has 0 aliphatic rings. The molecule has 8 nitrogen and oxygen atoms in total. The van der Waals surface area contributed by atoms with Crippen molar-refractivity contribution in [2.75, 3.05) is 33.9 Å². The van der Waals surface area contributed by atoms with E-state index < -0.39 is 12.0 Å². The normalized spacial score (nSPS) is 13.1. The van der Waals surface area contributed by atoms with E-state index in [9.17, 15) is 15.0 Å². The number of carbonyl (C=O) groups excluding carboxylic acids is 1. The highest BCUT2D eigenvalue weighted by atomic mass is 17.2. The van der Waals surface area contributed by atoms with E-state index in [1.807, 2.05) is 6.07 Å². The lowest BCUT2D eigenvalue weighted by Crippen LogP contribution is -2.37. The zero-order chi connectivity index (χ0) is 20.4. The van der Waals surface area contributed by atoms with Gasteiger partial charge < -0.3 is 20.3 Å². The van der Waals surface area contributed by atoms with Crippen LogP contribution >= 0.6 is 0 Å². The van der Waals surface area contributed by atoms with Gasteiger partial charge in [-0.05, 0) is 12.1 Å². The van der Waals surface area contributed by atoms with Crippen LogP contribution in [0.3, 0.4) is 0 Å². The number of carbonyl (C=O) groups is 1. The molecule has 28 heavy (non-hydrogen) atoms. The van der Waals surface area contributed by atoms with Gasteiger partial charge in [-0.3, -0.25) is 5.32 Å². The minimum Gasteiger partial charge on any atom is -0.508 e. The number of para-hydroxylation sites is 2. The summed E-state index contributed by atoms with van der Waals surface area (Å²) in [6.07, 6.45) is 0. The molecule has 0 radical (unpaired) electrons. The second-order valence-corrected chi connectivity index (χ2v) is 5.99. The molecule has 2 aromatic rings. The highest BCUT2D eigenvalue weighted by Gasteiger charge is 2.23. The van der Waals surface area contributed by atoms with Crippen LogP contribution in [0.15, 0.2) is 48.5 Å². The minimum atomic E-state index is -0.799. The van der Waals surface area contributed by atoms with Crippen molar-refractivity contribution in [3.8, 4) is 11.5 Å². The molecular weight excluding hydrogens is 364 g/mol. The summed E-state index contributed by atoms with van der Waals surface area (Å²) in [6, 6.07) is 12.4. The lowest BCUT2D eigenvalue weighted by Gasteiger charge is -2.21. The van der Waals surface area contributed by atoms with Gasteiger partial charge in [-0.15, -0.1) is 0 Å². The number of esters is 1. The molecule has 0 aromatic heterocycles. The number of phenols is 2. The maximum Gasteiger partial charge on any atom is 0.327 e. The van der Waals surface area contributed by atoms with E-state index in [4.69, 9.17) is 9.62 Å². The quantitative estimate of drug-likeness (QED) is 0.199. The Balaban J connectivity index is 1.99. The Kier molecular flexibility index (Phi) is 8.70. The lowest BCUT2D eigenvalue weighted by atomic mass is 10.1. The summed E-state index contributed by atoms with van der Waals surface area (Å²) in [4.78, 5) is 21.8. The molecule has 0 saturated heterocycles. The molecule has 0 saturated carbocycles. The van der Waals surface area contributed by atoms with Crippen molar-refractivity contribution in [2.24, 2.45) is 0 Å². The van der Waals surface area contributed by atoms with Crippen LogP contribution in [-0.4, -0.2) is 50.1 Å². The molecule has 2 unspecified atom stereocenters. The number of methoxy groups -OCH3 is 1. The molecule has 0 heterocycles. The van der Waals surface area contributed by atoms with E-state index in [-0.39, 0.29) is 24.1 Å². The fourth-order valence-electron chi connectivity index (χ4n) is 2.81. The Morgan fingerprint density at radius 3 is 2.07 bits per heavy atom. The molecule has 0 bridgehead atoms. The van der Waals surface area contributed by atoms with E-state index in [1.165, 1.54) is 20.3 Å². The largest absolute Gasteiger partial charge is 0.508 e. The third kappa shape index (κ3) is 5.93. The molecule has 0 fully saturated rings. The third-order valence-electron chi connectivity index (χ3n) is 4.21. The standard InChI is InChI=1S/C20H26N2O6/c1-26-20(25)19(15-8-4-6-10-18(15)24)22-12-11-21-16(13-28-27-2)14-7-3-5-9-17(14)23/h3-10,16,19,21-24H,11-13H2,1-2H3. The number of phenolic OH excluding ortho intramolecular Hbond substituents is 2. The summed E-state index contributed by atoms with van der Waals surface area (Å²) < 4.78 is 4.84. The fraction of sp³-hybridized carbons (Fsp3) is 0.350. The zero-order valence-corrected chi connectivity index (χ0v) is 15.9. The Bertz CT molecular complexity index is 755. The maximum atomic E-state index is 12.1. The van der Waals surface area contributed by atoms with Crippen LogP contribution in [0.4, 0.5) is 0 Å². The van der Waals surface area contributed by atoms with Gasteiger partial charge in [0.25, 0.3) is 0 Å². The van der Waals surface area contributed by atoms with Gasteiger partial charge in [-0.25, -0.2) is 14.6 Å². The van der Waals surface area contributed by atoms with E-state index in [2.05, 4.69) is 15.5 Å².